The first kappa shape index (κ1) is 13.8. The zero-order valence-electron chi connectivity index (χ0n) is 10.3. The van der Waals surface area contributed by atoms with E-state index in [1.54, 1.807) is 11.9 Å². The standard InChI is InChI=1S/C11H20N2O4/c1-13(8-4-3-5-8)11(16)12-9(10(14)15)6-7-17-2/h8-9H,3-7H2,1-2H3,(H,12,16)(H,14,15). The number of nitrogens with one attached hydrogen (secondary N) is 1. The molecule has 1 unspecified atom stereocenters. The number of carboxylic acids is 1. The first-order valence-electron chi connectivity index (χ1n) is 5.81. The van der Waals surface area contributed by atoms with E-state index in [1.165, 1.54) is 7.11 Å². The zero-order valence-corrected chi connectivity index (χ0v) is 10.3. The van der Waals surface area contributed by atoms with Crippen LogP contribution in [0.15, 0.2) is 0 Å². The lowest BCUT2D eigenvalue weighted by Gasteiger charge is -2.35. The summed E-state index contributed by atoms with van der Waals surface area (Å²) in [4.78, 5) is 24.3. The van der Waals surface area contributed by atoms with Crippen LogP contribution < -0.4 is 5.32 Å². The Morgan fingerprint density at radius 2 is 2.18 bits per heavy atom. The van der Waals surface area contributed by atoms with Gasteiger partial charge in [-0.15, -0.1) is 0 Å². The zero-order chi connectivity index (χ0) is 12.8. The number of rotatable bonds is 6. The molecule has 0 bridgehead atoms. The van der Waals surface area contributed by atoms with Crippen LogP contribution in [0.25, 0.3) is 0 Å². The van der Waals surface area contributed by atoms with Gasteiger partial charge in [-0.2, -0.15) is 0 Å². The highest BCUT2D eigenvalue weighted by molar-refractivity contribution is 5.82. The number of methoxy groups -OCH3 is 1. The maximum Gasteiger partial charge on any atom is 0.326 e. The lowest BCUT2D eigenvalue weighted by Crippen LogP contribution is -2.51. The fourth-order valence-electron chi connectivity index (χ4n) is 1.68. The molecule has 0 aromatic carbocycles. The molecule has 2 amide bonds. The number of carbonyl (C=O) groups excluding carboxylic acids is 1. The first-order chi connectivity index (χ1) is 8.06. The largest absolute Gasteiger partial charge is 0.480 e. The van der Waals surface area contributed by atoms with Crippen LogP contribution in [0.3, 0.4) is 0 Å². The molecule has 6 nitrogen and oxygen atoms in total. The van der Waals surface area contributed by atoms with Crippen LogP contribution >= 0.6 is 0 Å². The van der Waals surface area contributed by atoms with E-state index in [4.69, 9.17) is 9.84 Å². The van der Waals surface area contributed by atoms with E-state index >= 15 is 0 Å². The van der Waals surface area contributed by atoms with Gasteiger partial charge in [0.2, 0.25) is 0 Å². The summed E-state index contributed by atoms with van der Waals surface area (Å²) in [6, 6.07) is -0.949. The predicted molar refractivity (Wildman–Crippen MR) is 61.9 cm³/mol. The van der Waals surface area contributed by atoms with Crippen molar-refractivity contribution in [1.82, 2.24) is 10.2 Å². The molecule has 0 saturated heterocycles. The summed E-state index contributed by atoms with van der Waals surface area (Å²) in [6.45, 7) is 0.310. The highest BCUT2D eigenvalue weighted by atomic mass is 16.5. The fraction of sp³-hybridized carbons (Fsp3) is 0.818. The molecule has 2 N–H and O–H groups in total. The number of hydrogen-bond donors (Lipinski definition) is 2. The van der Waals surface area contributed by atoms with E-state index in [1.807, 2.05) is 0 Å². The fourth-order valence-corrected chi connectivity index (χ4v) is 1.68. The molecule has 6 heteroatoms. The molecule has 0 heterocycles. The van der Waals surface area contributed by atoms with Gasteiger partial charge in [0.05, 0.1) is 0 Å². The number of carbonyl (C=O) groups is 2. The quantitative estimate of drug-likeness (QED) is 0.719. The molecule has 1 atom stereocenters. The van der Waals surface area contributed by atoms with E-state index < -0.39 is 12.0 Å². The van der Waals surface area contributed by atoms with Gasteiger partial charge in [0, 0.05) is 33.2 Å². The summed E-state index contributed by atoms with van der Waals surface area (Å²) >= 11 is 0. The molecule has 1 saturated carbocycles. The SMILES string of the molecule is COCCC(NC(=O)N(C)C1CCC1)C(=O)O. The van der Waals surface area contributed by atoms with Gasteiger partial charge in [0.25, 0.3) is 0 Å². The molecule has 0 radical (unpaired) electrons. The van der Waals surface area contributed by atoms with Gasteiger partial charge < -0.3 is 20.1 Å². The van der Waals surface area contributed by atoms with E-state index in [2.05, 4.69) is 5.32 Å². The minimum Gasteiger partial charge on any atom is -0.480 e. The van der Waals surface area contributed by atoms with Crippen molar-refractivity contribution in [3.63, 3.8) is 0 Å². The number of urea groups is 1. The molecule has 98 valence electrons. The first-order valence-corrected chi connectivity index (χ1v) is 5.81. The Balaban J connectivity index is 2.41. The number of aliphatic carboxylic acids is 1. The average Bonchev–Trinajstić information content (AvgIpc) is 2.20. The summed E-state index contributed by atoms with van der Waals surface area (Å²) in [5.74, 6) is -1.03. The molecule has 0 spiro atoms. The Morgan fingerprint density at radius 3 is 2.59 bits per heavy atom. The van der Waals surface area contributed by atoms with E-state index in [9.17, 15) is 9.59 Å². The van der Waals surface area contributed by atoms with E-state index in [0.29, 0.717) is 6.61 Å². The van der Waals surface area contributed by atoms with Crippen LogP contribution in [-0.4, -0.2) is 54.9 Å². The van der Waals surface area contributed by atoms with Crippen molar-refractivity contribution in [3.8, 4) is 0 Å². The van der Waals surface area contributed by atoms with Gasteiger partial charge in [0.1, 0.15) is 6.04 Å². The van der Waals surface area contributed by atoms with Crippen molar-refractivity contribution in [2.24, 2.45) is 0 Å². The molecular formula is C11H20N2O4. The van der Waals surface area contributed by atoms with Crippen LogP contribution in [0.5, 0.6) is 0 Å². The molecule has 17 heavy (non-hydrogen) atoms. The number of nitrogens with zero attached hydrogens (tertiary/aromatic N) is 1. The van der Waals surface area contributed by atoms with Crippen LogP contribution in [-0.2, 0) is 9.53 Å². The molecule has 0 aromatic heterocycles. The minimum absolute atomic E-state index is 0.256. The highest BCUT2D eigenvalue weighted by Crippen LogP contribution is 2.23. The Bertz CT molecular complexity index is 279. The number of carboxylic acid groups (broad SMARTS) is 1. The maximum atomic E-state index is 11.8. The van der Waals surface area contributed by atoms with E-state index in [0.717, 1.165) is 19.3 Å². The third kappa shape index (κ3) is 3.89. The van der Waals surface area contributed by atoms with Gasteiger partial charge >= 0.3 is 12.0 Å². The van der Waals surface area contributed by atoms with Crippen molar-refractivity contribution in [2.75, 3.05) is 20.8 Å². The molecule has 1 aliphatic rings. The van der Waals surface area contributed by atoms with Crippen molar-refractivity contribution < 1.29 is 19.4 Å². The normalized spacial score (nSPS) is 17.1. The Morgan fingerprint density at radius 1 is 1.53 bits per heavy atom. The van der Waals surface area contributed by atoms with Crippen LogP contribution in [0, 0.1) is 0 Å². The second-order valence-corrected chi connectivity index (χ2v) is 4.32. The topological polar surface area (TPSA) is 78.9 Å². The summed E-state index contributed by atoms with van der Waals surface area (Å²) < 4.78 is 4.82. The molecule has 0 aliphatic heterocycles. The van der Waals surface area contributed by atoms with Crippen molar-refractivity contribution >= 4 is 12.0 Å². The molecule has 0 aromatic rings. The molecule has 1 fully saturated rings. The molecular weight excluding hydrogens is 224 g/mol. The summed E-state index contributed by atoms with van der Waals surface area (Å²) in [5.41, 5.74) is 0. The highest BCUT2D eigenvalue weighted by Gasteiger charge is 2.28. The average molecular weight is 244 g/mol. The number of hydrogen-bond acceptors (Lipinski definition) is 3. The summed E-state index contributed by atoms with van der Waals surface area (Å²) in [7, 11) is 3.20. The van der Waals surface area contributed by atoms with Crippen LogP contribution in [0.4, 0.5) is 4.79 Å². The van der Waals surface area contributed by atoms with Crippen molar-refractivity contribution in [2.45, 2.75) is 37.8 Å². The number of ether oxygens (including phenoxy) is 1. The van der Waals surface area contributed by atoms with Crippen LogP contribution in [0.2, 0.25) is 0 Å². The number of amides is 2. The lowest BCUT2D eigenvalue weighted by molar-refractivity contribution is -0.139. The lowest BCUT2D eigenvalue weighted by atomic mass is 9.92. The summed E-state index contributed by atoms with van der Waals surface area (Å²) in [6.07, 6.45) is 3.41. The minimum atomic E-state index is -1.03. The second-order valence-electron chi connectivity index (χ2n) is 4.32. The van der Waals surface area contributed by atoms with Crippen molar-refractivity contribution in [1.29, 1.82) is 0 Å². The van der Waals surface area contributed by atoms with Gasteiger partial charge in [-0.25, -0.2) is 9.59 Å². The Hall–Kier alpha value is -1.30. The third-order valence-electron chi connectivity index (χ3n) is 3.15. The second kappa shape index (κ2) is 6.44. The predicted octanol–water partition coefficient (Wildman–Crippen LogP) is 0.670. The Labute approximate surface area is 101 Å². The van der Waals surface area contributed by atoms with Gasteiger partial charge in [-0.1, -0.05) is 0 Å². The third-order valence-corrected chi connectivity index (χ3v) is 3.15. The summed E-state index contributed by atoms with van der Waals surface area (Å²) in [5, 5.41) is 11.5. The Kier molecular flexibility index (Phi) is 5.21. The molecule has 1 aliphatic carbocycles. The van der Waals surface area contributed by atoms with Crippen molar-refractivity contribution in [3.05, 3.63) is 0 Å². The maximum absolute atomic E-state index is 11.8. The van der Waals surface area contributed by atoms with Gasteiger partial charge in [0.15, 0.2) is 0 Å². The van der Waals surface area contributed by atoms with Crippen LogP contribution in [0.1, 0.15) is 25.7 Å². The van der Waals surface area contributed by atoms with E-state index in [-0.39, 0.29) is 18.5 Å². The van der Waals surface area contributed by atoms with Gasteiger partial charge in [-0.05, 0) is 19.3 Å². The monoisotopic (exact) mass is 244 g/mol. The molecule has 1 rings (SSSR count). The van der Waals surface area contributed by atoms with Gasteiger partial charge in [-0.3, -0.25) is 0 Å². The smallest absolute Gasteiger partial charge is 0.326 e.